The highest BCUT2D eigenvalue weighted by atomic mass is 127. The summed E-state index contributed by atoms with van der Waals surface area (Å²) in [6.07, 6.45) is 2.04. The van der Waals surface area contributed by atoms with E-state index in [4.69, 9.17) is 5.14 Å². The van der Waals surface area contributed by atoms with Crippen LogP contribution >= 0.6 is 35.7 Å². The summed E-state index contributed by atoms with van der Waals surface area (Å²) < 4.78 is 21.9. The first-order chi connectivity index (χ1) is 10.4. The van der Waals surface area contributed by atoms with E-state index in [0.29, 0.717) is 19.0 Å². The minimum atomic E-state index is -3.48. The molecule has 0 aromatic heterocycles. The Balaban J connectivity index is 0.00000484. The van der Waals surface area contributed by atoms with Gasteiger partial charge in [-0.1, -0.05) is 12.1 Å². The summed E-state index contributed by atoms with van der Waals surface area (Å²) in [6.45, 7) is 3.52. The summed E-state index contributed by atoms with van der Waals surface area (Å²) in [5.74, 6) is 0.512. The SMILES string of the molecule is CCNC(=NCCS(N)(=O)=O)N(C)Cc1ccc(SC)cc1.I. The molecule has 0 atom stereocenters. The fraction of sp³-hybridized carbons (Fsp3) is 0.500. The third-order valence-electron chi connectivity index (χ3n) is 2.91. The number of nitrogens with zero attached hydrogens (tertiary/aromatic N) is 2. The number of sulfonamides is 1. The van der Waals surface area contributed by atoms with E-state index in [1.807, 2.05) is 25.1 Å². The number of thioether (sulfide) groups is 1. The molecule has 1 aromatic rings. The van der Waals surface area contributed by atoms with Gasteiger partial charge in [-0.05, 0) is 30.9 Å². The van der Waals surface area contributed by atoms with E-state index in [0.717, 1.165) is 5.56 Å². The van der Waals surface area contributed by atoms with Gasteiger partial charge < -0.3 is 10.2 Å². The van der Waals surface area contributed by atoms with Crippen molar-refractivity contribution in [3.05, 3.63) is 29.8 Å². The topological polar surface area (TPSA) is 87.8 Å². The van der Waals surface area contributed by atoms with E-state index < -0.39 is 10.0 Å². The second-order valence-corrected chi connectivity index (χ2v) is 7.42. The minimum absolute atomic E-state index is 0. The van der Waals surface area contributed by atoms with Crippen LogP contribution in [0.1, 0.15) is 12.5 Å². The van der Waals surface area contributed by atoms with Crippen molar-refractivity contribution in [1.29, 1.82) is 0 Å². The van der Waals surface area contributed by atoms with Crippen molar-refractivity contribution in [2.45, 2.75) is 18.4 Å². The lowest BCUT2D eigenvalue weighted by molar-refractivity contribution is 0.477. The number of guanidine groups is 1. The second-order valence-electron chi connectivity index (χ2n) is 4.81. The van der Waals surface area contributed by atoms with E-state index in [-0.39, 0.29) is 36.3 Å². The predicted molar refractivity (Wildman–Crippen MR) is 109 cm³/mol. The number of aliphatic imine (C=N–C) groups is 1. The number of rotatable bonds is 7. The fourth-order valence-electron chi connectivity index (χ4n) is 1.83. The lowest BCUT2D eigenvalue weighted by Crippen LogP contribution is -2.39. The van der Waals surface area contributed by atoms with Crippen LogP contribution in [0, 0.1) is 0 Å². The van der Waals surface area contributed by atoms with Crippen molar-refractivity contribution in [3.63, 3.8) is 0 Å². The summed E-state index contributed by atoms with van der Waals surface area (Å²) in [7, 11) is -1.57. The third kappa shape index (κ3) is 9.38. The first-order valence-electron chi connectivity index (χ1n) is 6.98. The first-order valence-corrected chi connectivity index (χ1v) is 9.92. The Bertz CT molecular complexity index is 591. The van der Waals surface area contributed by atoms with Crippen LogP contribution in [0.25, 0.3) is 0 Å². The molecule has 0 radical (unpaired) electrons. The van der Waals surface area contributed by atoms with E-state index in [2.05, 4.69) is 34.6 Å². The molecule has 0 aliphatic heterocycles. The second kappa shape index (κ2) is 11.1. The third-order valence-corrected chi connectivity index (χ3v) is 4.41. The normalized spacial score (nSPS) is 11.7. The van der Waals surface area contributed by atoms with Crippen molar-refractivity contribution >= 4 is 51.7 Å². The Morgan fingerprint density at radius 3 is 2.43 bits per heavy atom. The highest BCUT2D eigenvalue weighted by Gasteiger charge is 2.08. The summed E-state index contributed by atoms with van der Waals surface area (Å²) in [6, 6.07) is 8.32. The molecule has 0 saturated carbocycles. The monoisotopic (exact) mass is 472 g/mol. The van der Waals surface area contributed by atoms with Crippen LogP contribution in [0.5, 0.6) is 0 Å². The first kappa shape index (κ1) is 22.5. The van der Waals surface area contributed by atoms with Crippen LogP contribution in [0.3, 0.4) is 0 Å². The molecule has 0 aliphatic carbocycles. The van der Waals surface area contributed by atoms with Crippen LogP contribution in [0.4, 0.5) is 0 Å². The maximum atomic E-state index is 11.0. The summed E-state index contributed by atoms with van der Waals surface area (Å²) in [4.78, 5) is 7.48. The molecule has 0 fully saturated rings. The van der Waals surface area contributed by atoms with Crippen LogP contribution in [0.2, 0.25) is 0 Å². The smallest absolute Gasteiger partial charge is 0.210 e. The van der Waals surface area contributed by atoms with E-state index in [1.54, 1.807) is 11.8 Å². The molecular formula is C14H25IN4O2S2. The lowest BCUT2D eigenvalue weighted by Gasteiger charge is -2.22. The van der Waals surface area contributed by atoms with E-state index in [1.165, 1.54) is 4.90 Å². The van der Waals surface area contributed by atoms with Crippen molar-refractivity contribution in [2.24, 2.45) is 10.1 Å². The van der Waals surface area contributed by atoms with Gasteiger partial charge in [0.2, 0.25) is 10.0 Å². The van der Waals surface area contributed by atoms with Gasteiger partial charge in [0.25, 0.3) is 0 Å². The Kier molecular flexibility index (Phi) is 10.9. The van der Waals surface area contributed by atoms with Crippen LogP contribution in [-0.4, -0.2) is 51.4 Å². The standard InChI is InChI=1S/C14H24N4O2S2.HI/c1-4-16-14(17-9-10-22(15,19)20)18(2)11-12-5-7-13(21-3)8-6-12;/h5-8H,4,9-11H2,1-3H3,(H,16,17)(H2,15,19,20);1H. The Morgan fingerprint density at radius 1 is 1.35 bits per heavy atom. The highest BCUT2D eigenvalue weighted by molar-refractivity contribution is 14.0. The molecule has 1 aromatic carbocycles. The minimum Gasteiger partial charge on any atom is -0.357 e. The predicted octanol–water partition coefficient (Wildman–Crippen LogP) is 1.71. The Hall–Kier alpha value is -0.520. The molecule has 23 heavy (non-hydrogen) atoms. The summed E-state index contributed by atoms with van der Waals surface area (Å²) in [5.41, 5.74) is 1.16. The van der Waals surface area contributed by atoms with Crippen LogP contribution in [-0.2, 0) is 16.6 Å². The van der Waals surface area contributed by atoms with Gasteiger partial charge in [0.15, 0.2) is 5.96 Å². The number of halogens is 1. The van der Waals surface area contributed by atoms with E-state index >= 15 is 0 Å². The van der Waals surface area contributed by atoms with Gasteiger partial charge in [0.05, 0.1) is 12.3 Å². The van der Waals surface area contributed by atoms with Crippen molar-refractivity contribution < 1.29 is 8.42 Å². The molecule has 0 unspecified atom stereocenters. The number of primary sulfonamides is 1. The molecular weight excluding hydrogens is 447 g/mol. The van der Waals surface area contributed by atoms with Gasteiger partial charge in [-0.3, -0.25) is 4.99 Å². The molecule has 6 nitrogen and oxygen atoms in total. The number of nitrogens with one attached hydrogen (secondary N) is 1. The molecule has 0 spiro atoms. The van der Waals surface area contributed by atoms with Crippen molar-refractivity contribution in [2.75, 3.05) is 32.1 Å². The quantitative estimate of drug-likeness (QED) is 0.273. The number of hydrogen-bond donors (Lipinski definition) is 2. The average molecular weight is 472 g/mol. The van der Waals surface area contributed by atoms with Gasteiger partial charge in [0, 0.05) is 25.0 Å². The van der Waals surface area contributed by atoms with Gasteiger partial charge in [0.1, 0.15) is 0 Å². The van der Waals surface area contributed by atoms with E-state index in [9.17, 15) is 8.42 Å². The zero-order valence-electron chi connectivity index (χ0n) is 13.7. The average Bonchev–Trinajstić information content (AvgIpc) is 2.46. The number of hydrogen-bond acceptors (Lipinski definition) is 4. The molecule has 3 N–H and O–H groups in total. The zero-order chi connectivity index (χ0) is 16.6. The molecule has 0 amide bonds. The summed E-state index contributed by atoms with van der Waals surface area (Å²) in [5, 5.41) is 8.14. The Labute approximate surface area is 160 Å². The van der Waals surface area contributed by atoms with Crippen molar-refractivity contribution in [1.82, 2.24) is 10.2 Å². The molecule has 0 heterocycles. The van der Waals surface area contributed by atoms with Gasteiger partial charge in [-0.15, -0.1) is 35.7 Å². The maximum Gasteiger partial charge on any atom is 0.210 e. The van der Waals surface area contributed by atoms with Crippen molar-refractivity contribution in [3.8, 4) is 0 Å². The molecule has 0 saturated heterocycles. The molecule has 9 heteroatoms. The lowest BCUT2D eigenvalue weighted by atomic mass is 10.2. The Morgan fingerprint density at radius 2 is 1.96 bits per heavy atom. The van der Waals surface area contributed by atoms with Gasteiger partial charge >= 0.3 is 0 Å². The molecule has 0 aliphatic rings. The van der Waals surface area contributed by atoms with Crippen LogP contribution < -0.4 is 10.5 Å². The number of nitrogens with two attached hydrogens (primary N) is 1. The highest BCUT2D eigenvalue weighted by Crippen LogP contribution is 2.15. The van der Waals surface area contributed by atoms with Gasteiger partial charge in [-0.2, -0.15) is 0 Å². The van der Waals surface area contributed by atoms with Gasteiger partial charge in [-0.25, -0.2) is 13.6 Å². The molecule has 132 valence electrons. The number of benzene rings is 1. The maximum absolute atomic E-state index is 11.0. The molecule has 1 rings (SSSR count). The largest absolute Gasteiger partial charge is 0.357 e. The fourth-order valence-corrected chi connectivity index (χ4v) is 2.58. The molecule has 0 bridgehead atoms. The van der Waals surface area contributed by atoms with Crippen LogP contribution in [0.15, 0.2) is 34.2 Å². The summed E-state index contributed by atoms with van der Waals surface area (Å²) >= 11 is 1.71. The zero-order valence-corrected chi connectivity index (χ0v) is 17.6.